The lowest BCUT2D eigenvalue weighted by atomic mass is 9.96. The molecule has 0 saturated heterocycles. The number of nitrogens with one attached hydrogen (secondary N) is 2. The molecule has 1 aromatic carbocycles. The molecule has 1 amide bonds. The van der Waals surface area contributed by atoms with Crippen molar-refractivity contribution in [2.24, 2.45) is 5.41 Å². The van der Waals surface area contributed by atoms with Gasteiger partial charge in [-0.1, -0.05) is 50.3 Å². The molecular weight excluding hydrogens is 388 g/mol. The number of hydrogen-bond donors (Lipinski definition) is 2. The number of hydrogen-bond acceptors (Lipinski definition) is 7. The van der Waals surface area contributed by atoms with Crippen molar-refractivity contribution in [3.63, 3.8) is 0 Å². The molecule has 2 aromatic rings. The average Bonchev–Trinajstić information content (AvgIpc) is 3.02. The molecule has 0 unspecified atom stereocenters. The lowest BCUT2D eigenvalue weighted by molar-refractivity contribution is -0.123. The van der Waals surface area contributed by atoms with Crippen molar-refractivity contribution in [2.45, 2.75) is 45.0 Å². The number of aromatic nitrogens is 2. The number of aryl methyl sites for hydroxylation is 1. The van der Waals surface area contributed by atoms with Gasteiger partial charge < -0.3 is 10.1 Å². The minimum atomic E-state index is -3.86. The van der Waals surface area contributed by atoms with Crippen molar-refractivity contribution >= 4 is 32.4 Å². The summed E-state index contributed by atoms with van der Waals surface area (Å²) in [5, 5.41) is 10.1. The summed E-state index contributed by atoms with van der Waals surface area (Å²) in [6.07, 6.45) is 0. The van der Waals surface area contributed by atoms with Gasteiger partial charge in [0, 0.05) is 5.41 Å². The van der Waals surface area contributed by atoms with Gasteiger partial charge in [0.15, 0.2) is 0 Å². The molecule has 0 fully saturated rings. The first-order valence-electron chi connectivity index (χ1n) is 8.35. The van der Waals surface area contributed by atoms with Gasteiger partial charge in [-0.05, 0) is 25.5 Å². The van der Waals surface area contributed by atoms with E-state index >= 15 is 0 Å². The summed E-state index contributed by atoms with van der Waals surface area (Å²) in [5.41, 5.74) is 0.348. The van der Waals surface area contributed by atoms with Crippen LogP contribution >= 0.6 is 11.3 Å². The van der Waals surface area contributed by atoms with Crippen LogP contribution in [0.25, 0.3) is 0 Å². The van der Waals surface area contributed by atoms with Crippen LogP contribution in [0.4, 0.5) is 5.13 Å². The summed E-state index contributed by atoms with van der Waals surface area (Å²) in [6, 6.07) is 7.02. The Morgan fingerprint density at radius 1 is 1.26 bits per heavy atom. The minimum Gasteiger partial charge on any atom is -0.492 e. The van der Waals surface area contributed by atoms with Crippen molar-refractivity contribution in [3.05, 3.63) is 29.8 Å². The molecule has 0 radical (unpaired) electrons. The molecule has 10 heteroatoms. The van der Waals surface area contributed by atoms with Crippen LogP contribution < -0.4 is 14.8 Å². The smallest absolute Gasteiger partial charge is 0.270 e. The fraction of sp³-hybridized carbons (Fsp3) is 0.471. The second-order valence-corrected chi connectivity index (χ2v) is 10.0. The number of amides is 1. The van der Waals surface area contributed by atoms with Crippen LogP contribution in [0.3, 0.4) is 0 Å². The number of carbonyl (C=O) groups is 1. The summed E-state index contributed by atoms with van der Waals surface area (Å²) < 4.78 is 32.8. The Kier molecular flexibility index (Phi) is 6.55. The predicted molar refractivity (Wildman–Crippen MR) is 104 cm³/mol. The number of carbonyl (C=O) groups excluding carboxylic acids is 1. The predicted octanol–water partition coefficient (Wildman–Crippen LogP) is 2.58. The summed E-state index contributed by atoms with van der Waals surface area (Å²) in [4.78, 5) is 12.0. The molecule has 0 aliphatic heterocycles. The van der Waals surface area contributed by atoms with Crippen molar-refractivity contribution in [3.8, 4) is 5.75 Å². The molecule has 1 aromatic heterocycles. The van der Waals surface area contributed by atoms with Crippen LogP contribution in [-0.2, 0) is 14.8 Å². The van der Waals surface area contributed by atoms with Crippen LogP contribution in [0.1, 0.15) is 33.3 Å². The first kappa shape index (κ1) is 21.3. The van der Waals surface area contributed by atoms with Crippen LogP contribution in [0.2, 0.25) is 0 Å². The lowest BCUT2D eigenvalue weighted by Crippen LogP contribution is -2.36. The highest BCUT2D eigenvalue weighted by molar-refractivity contribution is 7.91. The number of nitrogens with zero attached hydrogens (tertiary/aromatic N) is 2. The zero-order valence-corrected chi connectivity index (χ0v) is 17.6. The van der Waals surface area contributed by atoms with E-state index in [1.165, 1.54) is 0 Å². The van der Waals surface area contributed by atoms with E-state index in [9.17, 15) is 13.2 Å². The van der Waals surface area contributed by atoms with E-state index in [2.05, 4.69) is 20.2 Å². The molecule has 2 N–H and O–H groups in total. The summed E-state index contributed by atoms with van der Waals surface area (Å²) in [7, 11) is -3.86. The molecule has 0 bridgehead atoms. The first-order chi connectivity index (χ1) is 12.5. The van der Waals surface area contributed by atoms with E-state index in [1.54, 1.807) is 27.7 Å². The van der Waals surface area contributed by atoms with Crippen LogP contribution in [0, 0.1) is 12.3 Å². The first-order valence-corrected chi connectivity index (χ1v) is 10.6. The number of sulfonamides is 1. The highest BCUT2D eigenvalue weighted by atomic mass is 32.2. The summed E-state index contributed by atoms with van der Waals surface area (Å²) in [5.74, 6) is 0.433. The SMILES string of the molecule is Cc1ccccc1OC[C@H](C)NS(=O)(=O)c1nnc(NC(=O)C(C)(C)C)s1. The molecule has 148 valence electrons. The van der Waals surface area contributed by atoms with Crippen molar-refractivity contribution < 1.29 is 17.9 Å². The largest absolute Gasteiger partial charge is 0.492 e. The molecule has 27 heavy (non-hydrogen) atoms. The monoisotopic (exact) mass is 412 g/mol. The molecule has 0 spiro atoms. The topological polar surface area (TPSA) is 110 Å². The molecular formula is C17H24N4O4S2. The number of rotatable bonds is 7. The van der Waals surface area contributed by atoms with Crippen LogP contribution in [-0.4, -0.2) is 37.2 Å². The third kappa shape index (κ3) is 5.98. The minimum absolute atomic E-state index is 0.138. The Labute approximate surface area is 163 Å². The van der Waals surface area contributed by atoms with E-state index in [4.69, 9.17) is 4.74 Å². The van der Waals surface area contributed by atoms with Gasteiger partial charge in [0.25, 0.3) is 10.0 Å². The highest BCUT2D eigenvalue weighted by Crippen LogP contribution is 2.23. The third-order valence-electron chi connectivity index (χ3n) is 3.48. The maximum Gasteiger partial charge on any atom is 0.270 e. The molecule has 1 heterocycles. The summed E-state index contributed by atoms with van der Waals surface area (Å²) >= 11 is 0.798. The second-order valence-electron chi connectivity index (χ2n) is 7.18. The van der Waals surface area contributed by atoms with Crippen molar-refractivity contribution in [1.29, 1.82) is 0 Å². The van der Waals surface area contributed by atoms with E-state index < -0.39 is 21.5 Å². The zero-order chi connectivity index (χ0) is 20.2. The molecule has 0 aliphatic carbocycles. The molecule has 0 aliphatic rings. The van der Waals surface area contributed by atoms with Gasteiger partial charge in [-0.3, -0.25) is 4.79 Å². The lowest BCUT2D eigenvalue weighted by Gasteiger charge is -2.15. The average molecular weight is 413 g/mol. The highest BCUT2D eigenvalue weighted by Gasteiger charge is 2.26. The maximum absolute atomic E-state index is 12.4. The van der Waals surface area contributed by atoms with Gasteiger partial charge in [0.1, 0.15) is 12.4 Å². The number of para-hydroxylation sites is 1. The van der Waals surface area contributed by atoms with Gasteiger partial charge in [-0.15, -0.1) is 10.2 Å². The van der Waals surface area contributed by atoms with Crippen LogP contribution in [0.5, 0.6) is 5.75 Å². The maximum atomic E-state index is 12.4. The summed E-state index contributed by atoms with van der Waals surface area (Å²) in [6.45, 7) is 9.02. The van der Waals surface area contributed by atoms with Gasteiger partial charge >= 0.3 is 0 Å². The van der Waals surface area contributed by atoms with E-state index in [-0.39, 0.29) is 22.0 Å². The fourth-order valence-corrected chi connectivity index (χ4v) is 4.08. The second kappa shape index (κ2) is 8.32. The van der Waals surface area contributed by atoms with Gasteiger partial charge in [-0.2, -0.15) is 0 Å². The standard InChI is InChI=1S/C17H24N4O4S2/c1-11-8-6-7-9-13(11)25-10-12(2)21-27(23,24)16-20-19-15(26-16)18-14(22)17(3,4)5/h6-9,12,21H,10H2,1-5H3,(H,18,19,22)/t12-/m0/s1. The van der Waals surface area contributed by atoms with Crippen molar-refractivity contribution in [2.75, 3.05) is 11.9 Å². The number of anilines is 1. The van der Waals surface area contributed by atoms with Crippen molar-refractivity contribution in [1.82, 2.24) is 14.9 Å². The Morgan fingerprint density at radius 3 is 2.56 bits per heavy atom. The van der Waals surface area contributed by atoms with Gasteiger partial charge in [0.2, 0.25) is 15.4 Å². The van der Waals surface area contributed by atoms with Crippen LogP contribution in [0.15, 0.2) is 28.6 Å². The number of ether oxygens (including phenoxy) is 1. The van der Waals surface area contributed by atoms with E-state index in [1.807, 2.05) is 31.2 Å². The quantitative estimate of drug-likeness (QED) is 0.676. The van der Waals surface area contributed by atoms with Gasteiger partial charge in [0.05, 0.1) is 6.04 Å². The third-order valence-corrected chi connectivity index (χ3v) is 6.27. The fourth-order valence-electron chi connectivity index (χ4n) is 1.94. The molecule has 0 saturated carbocycles. The van der Waals surface area contributed by atoms with E-state index in [0.29, 0.717) is 5.75 Å². The normalized spacial score (nSPS) is 13.2. The Bertz CT molecular complexity index is 904. The molecule has 1 atom stereocenters. The Balaban J connectivity index is 1.98. The Morgan fingerprint density at radius 2 is 1.93 bits per heavy atom. The number of benzene rings is 1. The molecule has 8 nitrogen and oxygen atoms in total. The van der Waals surface area contributed by atoms with E-state index in [0.717, 1.165) is 16.9 Å². The van der Waals surface area contributed by atoms with Gasteiger partial charge in [-0.25, -0.2) is 13.1 Å². The Hall–Kier alpha value is -2.04. The zero-order valence-electron chi connectivity index (χ0n) is 15.9. The molecule has 2 rings (SSSR count).